The van der Waals surface area contributed by atoms with Gasteiger partial charge in [-0.3, -0.25) is 14.3 Å². The van der Waals surface area contributed by atoms with Crippen molar-refractivity contribution in [2.24, 2.45) is 11.8 Å². The summed E-state index contributed by atoms with van der Waals surface area (Å²) in [5.74, 6) is -0.0296. The molecule has 0 radical (unpaired) electrons. The minimum absolute atomic E-state index is 0.00596. The summed E-state index contributed by atoms with van der Waals surface area (Å²) < 4.78 is 1.49. The largest absolute Gasteiger partial charge is 0.396 e. The highest BCUT2D eigenvalue weighted by Gasteiger charge is 2.34. The number of rotatable bonds is 4. The van der Waals surface area contributed by atoms with Gasteiger partial charge in [0, 0.05) is 25.5 Å². The molecule has 2 unspecified atom stereocenters. The standard InChI is InChI=1S/C13H17BrN2O4/c14-2-1-8-5-16(13(20)15-12(8)19)11-3-9(6-17)10(4-11)7-18/h1-2,5,9-11,17-18H,3-4,6-7H2,(H,15,19,20). The Morgan fingerprint density at radius 3 is 2.40 bits per heavy atom. The van der Waals surface area contributed by atoms with Crippen LogP contribution in [0.1, 0.15) is 24.4 Å². The normalized spacial score (nSPS) is 26.4. The van der Waals surface area contributed by atoms with E-state index in [-0.39, 0.29) is 31.1 Å². The van der Waals surface area contributed by atoms with Crippen LogP contribution in [0.15, 0.2) is 20.8 Å². The van der Waals surface area contributed by atoms with Crippen molar-refractivity contribution in [1.29, 1.82) is 0 Å². The van der Waals surface area contributed by atoms with Crippen LogP contribution in [0.2, 0.25) is 0 Å². The van der Waals surface area contributed by atoms with E-state index in [2.05, 4.69) is 20.9 Å². The van der Waals surface area contributed by atoms with Gasteiger partial charge >= 0.3 is 5.69 Å². The van der Waals surface area contributed by atoms with Crippen LogP contribution >= 0.6 is 15.9 Å². The van der Waals surface area contributed by atoms with E-state index in [0.29, 0.717) is 18.4 Å². The molecule has 1 aromatic heterocycles. The minimum atomic E-state index is -0.456. The molecule has 3 N–H and O–H groups in total. The van der Waals surface area contributed by atoms with Crippen LogP contribution in [0.4, 0.5) is 0 Å². The molecule has 2 atom stereocenters. The third-order valence-electron chi connectivity index (χ3n) is 3.92. The first kappa shape index (κ1) is 15.2. The number of nitrogens with one attached hydrogen (secondary N) is 1. The molecule has 1 aromatic rings. The molecule has 0 bridgehead atoms. The molecular formula is C13H17BrN2O4. The summed E-state index contributed by atoms with van der Waals surface area (Å²) in [6.07, 6.45) is 4.32. The maximum Gasteiger partial charge on any atom is 0.328 e. The lowest BCUT2D eigenvalue weighted by Crippen LogP contribution is -2.32. The Bertz CT molecular complexity index is 595. The second-order valence-electron chi connectivity index (χ2n) is 5.05. The fourth-order valence-corrected chi connectivity index (χ4v) is 3.10. The van der Waals surface area contributed by atoms with Crippen LogP contribution in [-0.2, 0) is 0 Å². The van der Waals surface area contributed by atoms with Crippen LogP contribution in [-0.4, -0.2) is 33.0 Å². The van der Waals surface area contributed by atoms with Gasteiger partial charge in [-0.1, -0.05) is 15.9 Å². The molecule has 110 valence electrons. The molecule has 1 aliphatic rings. The van der Waals surface area contributed by atoms with Gasteiger partial charge in [-0.05, 0) is 35.7 Å². The summed E-state index contributed by atoms with van der Waals surface area (Å²) in [6.45, 7) is -0.0119. The Morgan fingerprint density at radius 2 is 1.90 bits per heavy atom. The lowest BCUT2D eigenvalue weighted by atomic mass is 9.98. The number of hydrogen-bond acceptors (Lipinski definition) is 4. The third-order valence-corrected chi connectivity index (χ3v) is 4.18. The quantitative estimate of drug-likeness (QED) is 0.739. The number of H-pyrrole nitrogens is 1. The maximum absolute atomic E-state index is 11.9. The summed E-state index contributed by atoms with van der Waals surface area (Å²) in [6, 6.07) is -0.115. The van der Waals surface area contributed by atoms with Gasteiger partial charge in [0.2, 0.25) is 0 Å². The summed E-state index contributed by atoms with van der Waals surface area (Å²) in [4.78, 5) is 27.4. The fraction of sp³-hybridized carbons (Fsp3) is 0.538. The highest BCUT2D eigenvalue weighted by molar-refractivity contribution is 9.11. The Labute approximate surface area is 123 Å². The first-order valence-corrected chi connectivity index (χ1v) is 7.36. The van der Waals surface area contributed by atoms with E-state index in [9.17, 15) is 19.8 Å². The average Bonchev–Trinajstić information content (AvgIpc) is 2.85. The Hall–Kier alpha value is -1.18. The number of aliphatic hydroxyl groups is 2. The molecule has 0 saturated heterocycles. The lowest BCUT2D eigenvalue weighted by molar-refractivity contribution is 0.141. The van der Waals surface area contributed by atoms with Crippen molar-refractivity contribution in [2.75, 3.05) is 13.2 Å². The van der Waals surface area contributed by atoms with Crippen LogP contribution in [0, 0.1) is 11.8 Å². The van der Waals surface area contributed by atoms with Crippen molar-refractivity contribution in [2.45, 2.75) is 18.9 Å². The molecule has 1 saturated carbocycles. The van der Waals surface area contributed by atoms with Gasteiger partial charge in [0.05, 0.1) is 5.56 Å². The summed E-state index contributed by atoms with van der Waals surface area (Å²) in [5.41, 5.74) is -0.506. The SMILES string of the molecule is O=c1[nH]c(=O)n(C2CC(CO)C(CO)C2)cc1C=CBr. The van der Waals surface area contributed by atoms with Gasteiger partial charge in [-0.15, -0.1) is 0 Å². The molecule has 0 amide bonds. The van der Waals surface area contributed by atoms with E-state index < -0.39 is 11.2 Å². The van der Waals surface area contributed by atoms with E-state index in [1.165, 1.54) is 10.8 Å². The van der Waals surface area contributed by atoms with E-state index >= 15 is 0 Å². The summed E-state index contributed by atoms with van der Waals surface area (Å²) in [5, 5.41) is 18.6. The highest BCUT2D eigenvalue weighted by Crippen LogP contribution is 2.38. The van der Waals surface area contributed by atoms with Crippen molar-refractivity contribution in [1.82, 2.24) is 9.55 Å². The van der Waals surface area contributed by atoms with Crippen LogP contribution in [0.25, 0.3) is 6.08 Å². The molecule has 6 nitrogen and oxygen atoms in total. The van der Waals surface area contributed by atoms with Gasteiger partial charge in [0.15, 0.2) is 0 Å². The van der Waals surface area contributed by atoms with Gasteiger partial charge in [-0.25, -0.2) is 4.79 Å². The van der Waals surface area contributed by atoms with Crippen molar-refractivity contribution >= 4 is 22.0 Å². The van der Waals surface area contributed by atoms with Crippen molar-refractivity contribution < 1.29 is 10.2 Å². The monoisotopic (exact) mass is 344 g/mol. The van der Waals surface area contributed by atoms with E-state index in [1.54, 1.807) is 11.1 Å². The van der Waals surface area contributed by atoms with Crippen LogP contribution < -0.4 is 11.2 Å². The lowest BCUT2D eigenvalue weighted by Gasteiger charge is -2.13. The minimum Gasteiger partial charge on any atom is -0.396 e. The van der Waals surface area contributed by atoms with Crippen molar-refractivity contribution in [3.05, 3.63) is 37.6 Å². The van der Waals surface area contributed by atoms with Crippen LogP contribution in [0.3, 0.4) is 0 Å². The van der Waals surface area contributed by atoms with E-state index in [4.69, 9.17) is 0 Å². The highest BCUT2D eigenvalue weighted by atomic mass is 79.9. The number of hydrogen-bond donors (Lipinski definition) is 3. The van der Waals surface area contributed by atoms with Gasteiger partial charge in [0.25, 0.3) is 5.56 Å². The second-order valence-corrected chi connectivity index (χ2v) is 5.58. The molecule has 0 aliphatic heterocycles. The molecular weight excluding hydrogens is 328 g/mol. The first-order valence-electron chi connectivity index (χ1n) is 6.44. The first-order chi connectivity index (χ1) is 9.60. The molecule has 0 spiro atoms. The Kier molecular flexibility index (Phi) is 4.95. The predicted molar refractivity (Wildman–Crippen MR) is 78.7 cm³/mol. The molecule has 2 rings (SSSR count). The van der Waals surface area contributed by atoms with Gasteiger partial charge < -0.3 is 10.2 Å². The Balaban J connectivity index is 2.36. The molecule has 7 heteroatoms. The molecule has 1 aliphatic carbocycles. The zero-order valence-corrected chi connectivity index (χ0v) is 12.4. The maximum atomic E-state index is 11.9. The van der Waals surface area contributed by atoms with Crippen molar-refractivity contribution in [3.63, 3.8) is 0 Å². The molecule has 1 heterocycles. The smallest absolute Gasteiger partial charge is 0.328 e. The summed E-state index contributed by atoms with van der Waals surface area (Å²) in [7, 11) is 0. The second kappa shape index (κ2) is 6.51. The van der Waals surface area contributed by atoms with Gasteiger partial charge in [0.1, 0.15) is 0 Å². The number of aliphatic hydroxyl groups excluding tert-OH is 2. The van der Waals surface area contributed by atoms with Gasteiger partial charge in [-0.2, -0.15) is 0 Å². The third kappa shape index (κ3) is 2.94. The zero-order chi connectivity index (χ0) is 14.7. The number of aromatic amines is 1. The summed E-state index contributed by atoms with van der Waals surface area (Å²) >= 11 is 3.10. The van der Waals surface area contributed by atoms with E-state index in [0.717, 1.165) is 0 Å². The average molecular weight is 345 g/mol. The fourth-order valence-electron chi connectivity index (χ4n) is 2.81. The van der Waals surface area contributed by atoms with E-state index in [1.807, 2.05) is 0 Å². The molecule has 20 heavy (non-hydrogen) atoms. The number of halogens is 1. The predicted octanol–water partition coefficient (Wildman–Crippen LogP) is 0.454. The van der Waals surface area contributed by atoms with Crippen LogP contribution in [0.5, 0.6) is 0 Å². The zero-order valence-electron chi connectivity index (χ0n) is 10.8. The number of nitrogens with zero attached hydrogens (tertiary/aromatic N) is 1. The topological polar surface area (TPSA) is 95.3 Å². The number of aromatic nitrogens is 2. The molecule has 0 aromatic carbocycles. The Morgan fingerprint density at radius 1 is 1.30 bits per heavy atom. The van der Waals surface area contributed by atoms with Crippen molar-refractivity contribution in [3.8, 4) is 0 Å². The molecule has 1 fully saturated rings.